The summed E-state index contributed by atoms with van der Waals surface area (Å²) in [6.07, 6.45) is 2.32. The van der Waals surface area contributed by atoms with Crippen LogP contribution in [0.5, 0.6) is 5.75 Å². The number of rotatable bonds is 6. The van der Waals surface area contributed by atoms with Gasteiger partial charge in [0.25, 0.3) is 5.56 Å². The van der Waals surface area contributed by atoms with Crippen molar-refractivity contribution in [3.05, 3.63) is 98.3 Å². The Morgan fingerprint density at radius 1 is 1.11 bits per heavy atom. The molecule has 0 unspecified atom stereocenters. The van der Waals surface area contributed by atoms with E-state index in [0.29, 0.717) is 28.6 Å². The van der Waals surface area contributed by atoms with Crippen molar-refractivity contribution in [1.29, 1.82) is 0 Å². The zero-order valence-corrected chi connectivity index (χ0v) is 21.1. The Kier molecular flexibility index (Phi) is 7.07. The molecule has 0 fully saturated rings. The van der Waals surface area contributed by atoms with Crippen molar-refractivity contribution in [2.24, 2.45) is 0 Å². The standard InChI is InChI=1S/C26H22ClF3N4O3/c1-13-9-20(37-12-19-17(29)10-15(28)11-32-19)22(27)23(30)24(13)34-14(2)16(5-6-21(34)35)18-7-8-31-25(33-18)26(3,4)36/h5-11,36H,12H2,1-4H3. The number of aromatic nitrogens is 4. The summed E-state index contributed by atoms with van der Waals surface area (Å²) in [6, 6.07) is 6.52. The highest BCUT2D eigenvalue weighted by Gasteiger charge is 2.23. The molecule has 0 bridgehead atoms. The van der Waals surface area contributed by atoms with Crippen LogP contribution in [0.25, 0.3) is 16.9 Å². The van der Waals surface area contributed by atoms with Gasteiger partial charge in [0, 0.05) is 29.6 Å². The van der Waals surface area contributed by atoms with E-state index in [-0.39, 0.29) is 23.0 Å². The van der Waals surface area contributed by atoms with Crippen LogP contribution < -0.4 is 10.3 Å². The number of hydrogen-bond acceptors (Lipinski definition) is 6. The Balaban J connectivity index is 1.77. The largest absolute Gasteiger partial charge is 0.485 e. The first-order valence-electron chi connectivity index (χ1n) is 11.1. The second-order valence-electron chi connectivity index (χ2n) is 8.87. The van der Waals surface area contributed by atoms with Crippen LogP contribution in [-0.2, 0) is 12.2 Å². The summed E-state index contributed by atoms with van der Waals surface area (Å²) in [7, 11) is 0. The molecule has 0 spiro atoms. The van der Waals surface area contributed by atoms with E-state index in [9.17, 15) is 18.7 Å². The summed E-state index contributed by atoms with van der Waals surface area (Å²) in [6.45, 7) is 5.86. The van der Waals surface area contributed by atoms with E-state index in [4.69, 9.17) is 16.3 Å². The van der Waals surface area contributed by atoms with Crippen molar-refractivity contribution in [1.82, 2.24) is 19.5 Å². The summed E-state index contributed by atoms with van der Waals surface area (Å²) in [5.41, 5.74) is -0.459. The van der Waals surface area contributed by atoms with E-state index >= 15 is 4.39 Å². The first-order chi connectivity index (χ1) is 17.4. The molecule has 4 aromatic rings. The molecule has 37 heavy (non-hydrogen) atoms. The summed E-state index contributed by atoms with van der Waals surface area (Å²) < 4.78 is 49.3. The van der Waals surface area contributed by atoms with Gasteiger partial charge in [0.05, 0.1) is 17.6 Å². The van der Waals surface area contributed by atoms with Crippen molar-refractivity contribution < 1.29 is 23.0 Å². The smallest absolute Gasteiger partial charge is 0.255 e. The quantitative estimate of drug-likeness (QED) is 0.369. The topological polar surface area (TPSA) is 90.1 Å². The van der Waals surface area contributed by atoms with Crippen LogP contribution in [0.3, 0.4) is 0 Å². The first kappa shape index (κ1) is 26.3. The molecule has 0 amide bonds. The van der Waals surface area contributed by atoms with Gasteiger partial charge in [0.15, 0.2) is 17.5 Å². The lowest BCUT2D eigenvalue weighted by Crippen LogP contribution is -2.23. The van der Waals surface area contributed by atoms with E-state index in [1.54, 1.807) is 39.8 Å². The molecule has 1 N–H and O–H groups in total. The number of aliphatic hydroxyl groups is 1. The molecule has 0 radical (unpaired) electrons. The molecule has 0 atom stereocenters. The lowest BCUT2D eigenvalue weighted by Gasteiger charge is -2.20. The number of ether oxygens (including phenoxy) is 1. The third-order valence-electron chi connectivity index (χ3n) is 5.63. The second-order valence-corrected chi connectivity index (χ2v) is 9.25. The molecule has 4 rings (SSSR count). The van der Waals surface area contributed by atoms with Crippen molar-refractivity contribution in [3.8, 4) is 22.7 Å². The van der Waals surface area contributed by atoms with Crippen molar-refractivity contribution in [3.63, 3.8) is 0 Å². The van der Waals surface area contributed by atoms with Crippen molar-refractivity contribution >= 4 is 11.6 Å². The van der Waals surface area contributed by atoms with Crippen LogP contribution in [0.4, 0.5) is 13.2 Å². The number of benzene rings is 1. The predicted octanol–water partition coefficient (Wildman–Crippen LogP) is 5.18. The van der Waals surface area contributed by atoms with Gasteiger partial charge in [-0.1, -0.05) is 11.6 Å². The van der Waals surface area contributed by atoms with Gasteiger partial charge >= 0.3 is 0 Å². The van der Waals surface area contributed by atoms with Crippen LogP contribution in [-0.4, -0.2) is 24.6 Å². The third-order valence-corrected chi connectivity index (χ3v) is 5.98. The number of nitrogens with zero attached hydrogens (tertiary/aromatic N) is 4. The summed E-state index contributed by atoms with van der Waals surface area (Å²) in [4.78, 5) is 25.0. The average Bonchev–Trinajstić information content (AvgIpc) is 2.83. The highest BCUT2D eigenvalue weighted by molar-refractivity contribution is 6.32. The van der Waals surface area contributed by atoms with Crippen LogP contribution in [0.1, 0.15) is 36.6 Å². The monoisotopic (exact) mass is 530 g/mol. The molecule has 7 nitrogen and oxygen atoms in total. The molecule has 1 aromatic carbocycles. The van der Waals surface area contributed by atoms with Gasteiger partial charge in [-0.25, -0.2) is 23.1 Å². The molecular formula is C26H22ClF3N4O3. The molecule has 0 aliphatic carbocycles. The Morgan fingerprint density at radius 3 is 2.51 bits per heavy atom. The Labute approximate surface area is 215 Å². The third kappa shape index (κ3) is 5.21. The zero-order chi connectivity index (χ0) is 27.1. The maximum Gasteiger partial charge on any atom is 0.255 e. The fourth-order valence-electron chi connectivity index (χ4n) is 3.78. The summed E-state index contributed by atoms with van der Waals surface area (Å²) >= 11 is 6.25. The zero-order valence-electron chi connectivity index (χ0n) is 20.3. The minimum atomic E-state index is -1.29. The van der Waals surface area contributed by atoms with Gasteiger partial charge in [-0.3, -0.25) is 14.3 Å². The molecular weight excluding hydrogens is 509 g/mol. The summed E-state index contributed by atoms with van der Waals surface area (Å²) in [5, 5.41) is 9.86. The van der Waals surface area contributed by atoms with Gasteiger partial charge in [0.1, 0.15) is 34.5 Å². The Hall–Kier alpha value is -3.76. The van der Waals surface area contributed by atoms with E-state index in [1.165, 1.54) is 22.9 Å². The number of aryl methyl sites for hydroxylation is 1. The maximum atomic E-state index is 15.6. The minimum Gasteiger partial charge on any atom is -0.485 e. The van der Waals surface area contributed by atoms with E-state index in [1.807, 2.05) is 0 Å². The average molecular weight is 531 g/mol. The molecule has 192 valence electrons. The lowest BCUT2D eigenvalue weighted by molar-refractivity contribution is 0.0688. The second kappa shape index (κ2) is 9.95. The fraction of sp³-hybridized carbons (Fsp3) is 0.231. The van der Waals surface area contributed by atoms with E-state index in [0.717, 1.165) is 6.20 Å². The van der Waals surface area contributed by atoms with Crippen LogP contribution in [0, 0.1) is 31.3 Å². The fourth-order valence-corrected chi connectivity index (χ4v) is 3.97. The van der Waals surface area contributed by atoms with E-state index < -0.39 is 40.2 Å². The van der Waals surface area contributed by atoms with Gasteiger partial charge in [-0.15, -0.1) is 0 Å². The van der Waals surface area contributed by atoms with Crippen molar-refractivity contribution in [2.75, 3.05) is 0 Å². The molecule has 0 aliphatic heterocycles. The predicted molar refractivity (Wildman–Crippen MR) is 131 cm³/mol. The number of halogens is 4. The number of hydrogen-bond donors (Lipinski definition) is 1. The van der Waals surface area contributed by atoms with Gasteiger partial charge in [0.2, 0.25) is 0 Å². The van der Waals surface area contributed by atoms with Crippen LogP contribution >= 0.6 is 11.6 Å². The van der Waals surface area contributed by atoms with Crippen molar-refractivity contribution in [2.45, 2.75) is 39.9 Å². The first-order valence-corrected chi connectivity index (χ1v) is 11.5. The minimum absolute atomic E-state index is 0.0930. The highest BCUT2D eigenvalue weighted by atomic mass is 35.5. The van der Waals surface area contributed by atoms with Gasteiger partial charge < -0.3 is 9.84 Å². The maximum absolute atomic E-state index is 15.6. The van der Waals surface area contributed by atoms with Gasteiger partial charge in [-0.05, 0) is 51.5 Å². The SMILES string of the molecule is Cc1cc(OCc2ncc(F)cc2F)c(Cl)c(F)c1-n1c(C)c(-c2ccnc(C(C)(C)O)n2)ccc1=O. The normalized spacial score (nSPS) is 11.6. The van der Waals surface area contributed by atoms with Crippen LogP contribution in [0.15, 0.2) is 47.5 Å². The Morgan fingerprint density at radius 2 is 1.84 bits per heavy atom. The highest BCUT2D eigenvalue weighted by Crippen LogP contribution is 2.35. The molecule has 0 aliphatic rings. The number of pyridine rings is 2. The van der Waals surface area contributed by atoms with Gasteiger partial charge in [-0.2, -0.15) is 0 Å². The molecule has 0 saturated heterocycles. The molecule has 3 heterocycles. The lowest BCUT2D eigenvalue weighted by atomic mass is 10.1. The molecule has 0 saturated carbocycles. The Bertz CT molecular complexity index is 1570. The van der Waals surface area contributed by atoms with Crippen LogP contribution in [0.2, 0.25) is 5.02 Å². The molecule has 11 heteroatoms. The van der Waals surface area contributed by atoms with E-state index in [2.05, 4.69) is 15.0 Å². The molecule has 3 aromatic heterocycles. The summed E-state index contributed by atoms with van der Waals surface area (Å²) in [5.74, 6) is -2.60.